The van der Waals surface area contributed by atoms with Crippen LogP contribution in [-0.4, -0.2) is 21.4 Å². The predicted octanol–water partition coefficient (Wildman–Crippen LogP) is 1.53. The van der Waals surface area contributed by atoms with Gasteiger partial charge in [0.2, 0.25) is 0 Å². The standard InChI is InChI=1S/C10H10F2N4/c11-10(12)9(13)8-6-14-15-16(8)7-4-2-1-3-5-7/h1-6,9-10H,13H2. The van der Waals surface area contributed by atoms with E-state index in [-0.39, 0.29) is 5.69 Å². The Kier molecular flexibility index (Phi) is 2.91. The lowest BCUT2D eigenvalue weighted by molar-refractivity contribution is 0.113. The maximum absolute atomic E-state index is 12.5. The van der Waals surface area contributed by atoms with Gasteiger partial charge in [0, 0.05) is 0 Å². The number of nitrogens with zero attached hydrogens (tertiary/aromatic N) is 3. The summed E-state index contributed by atoms with van der Waals surface area (Å²) >= 11 is 0. The Labute approximate surface area is 90.7 Å². The Hall–Kier alpha value is -1.82. The van der Waals surface area contributed by atoms with Crippen molar-refractivity contribution in [3.05, 3.63) is 42.2 Å². The van der Waals surface area contributed by atoms with Crippen LogP contribution in [0.5, 0.6) is 0 Å². The number of hydrogen-bond donors (Lipinski definition) is 1. The highest BCUT2D eigenvalue weighted by molar-refractivity contribution is 5.32. The Morgan fingerprint density at radius 2 is 1.88 bits per heavy atom. The molecule has 1 aromatic carbocycles. The summed E-state index contributed by atoms with van der Waals surface area (Å²) in [6, 6.07) is 7.51. The van der Waals surface area contributed by atoms with Crippen molar-refractivity contribution in [1.29, 1.82) is 0 Å². The van der Waals surface area contributed by atoms with Gasteiger partial charge >= 0.3 is 0 Å². The minimum absolute atomic E-state index is 0.196. The van der Waals surface area contributed by atoms with E-state index in [1.807, 2.05) is 6.07 Å². The topological polar surface area (TPSA) is 56.7 Å². The summed E-state index contributed by atoms with van der Waals surface area (Å²) in [6.45, 7) is 0. The summed E-state index contributed by atoms with van der Waals surface area (Å²) in [5.74, 6) is 0. The molecule has 0 aliphatic carbocycles. The highest BCUT2D eigenvalue weighted by Crippen LogP contribution is 2.19. The lowest BCUT2D eigenvalue weighted by atomic mass is 10.2. The van der Waals surface area contributed by atoms with Crippen LogP contribution in [0.15, 0.2) is 36.5 Å². The molecule has 2 N–H and O–H groups in total. The molecule has 1 atom stereocenters. The van der Waals surface area contributed by atoms with Gasteiger partial charge in [0.25, 0.3) is 6.43 Å². The normalized spacial score (nSPS) is 13.0. The van der Waals surface area contributed by atoms with Crippen molar-refractivity contribution >= 4 is 0 Å². The average Bonchev–Trinajstić information content (AvgIpc) is 2.77. The maximum Gasteiger partial charge on any atom is 0.259 e. The van der Waals surface area contributed by atoms with E-state index in [4.69, 9.17) is 5.73 Å². The highest BCUT2D eigenvalue weighted by atomic mass is 19.3. The molecule has 6 heteroatoms. The van der Waals surface area contributed by atoms with E-state index in [0.29, 0.717) is 5.69 Å². The Bertz CT molecular complexity index is 455. The van der Waals surface area contributed by atoms with E-state index in [9.17, 15) is 8.78 Å². The third-order valence-corrected chi connectivity index (χ3v) is 2.19. The molecule has 0 saturated heterocycles. The maximum atomic E-state index is 12.5. The van der Waals surface area contributed by atoms with Crippen molar-refractivity contribution in [3.8, 4) is 5.69 Å². The zero-order valence-corrected chi connectivity index (χ0v) is 8.29. The lowest BCUT2D eigenvalue weighted by Gasteiger charge is -2.11. The van der Waals surface area contributed by atoms with Gasteiger partial charge in [-0.05, 0) is 12.1 Å². The number of benzene rings is 1. The van der Waals surface area contributed by atoms with E-state index >= 15 is 0 Å². The van der Waals surface area contributed by atoms with E-state index in [0.717, 1.165) is 0 Å². The summed E-state index contributed by atoms with van der Waals surface area (Å²) in [6.07, 6.45) is -1.38. The number of halogens is 2. The first-order chi connectivity index (χ1) is 7.70. The van der Waals surface area contributed by atoms with Crippen molar-refractivity contribution in [2.45, 2.75) is 12.5 Å². The van der Waals surface area contributed by atoms with Crippen LogP contribution in [0.3, 0.4) is 0 Å². The molecule has 0 fully saturated rings. The summed E-state index contributed by atoms with van der Waals surface area (Å²) in [4.78, 5) is 0. The number of hydrogen-bond acceptors (Lipinski definition) is 3. The summed E-state index contributed by atoms with van der Waals surface area (Å²) < 4.78 is 26.3. The van der Waals surface area contributed by atoms with Crippen molar-refractivity contribution < 1.29 is 8.78 Å². The Morgan fingerprint density at radius 3 is 2.50 bits per heavy atom. The number of alkyl halides is 2. The van der Waals surface area contributed by atoms with Gasteiger partial charge in [0.1, 0.15) is 6.04 Å². The van der Waals surface area contributed by atoms with Gasteiger partial charge < -0.3 is 5.73 Å². The van der Waals surface area contributed by atoms with Crippen LogP contribution in [0.4, 0.5) is 8.78 Å². The summed E-state index contributed by atoms with van der Waals surface area (Å²) in [5.41, 5.74) is 6.22. The van der Waals surface area contributed by atoms with Crippen LogP contribution in [0.2, 0.25) is 0 Å². The molecule has 0 saturated carbocycles. The van der Waals surface area contributed by atoms with Gasteiger partial charge in [-0.1, -0.05) is 23.4 Å². The Balaban J connectivity index is 2.40. The molecule has 1 unspecified atom stereocenters. The molecule has 16 heavy (non-hydrogen) atoms. The van der Waals surface area contributed by atoms with Crippen LogP contribution in [0.25, 0.3) is 5.69 Å². The van der Waals surface area contributed by atoms with Crippen LogP contribution in [-0.2, 0) is 0 Å². The van der Waals surface area contributed by atoms with E-state index in [2.05, 4.69) is 10.3 Å². The molecule has 2 aromatic rings. The smallest absolute Gasteiger partial charge is 0.259 e. The van der Waals surface area contributed by atoms with Gasteiger partial charge in [-0.25, -0.2) is 13.5 Å². The van der Waals surface area contributed by atoms with Crippen molar-refractivity contribution in [1.82, 2.24) is 15.0 Å². The second kappa shape index (κ2) is 4.36. The highest BCUT2D eigenvalue weighted by Gasteiger charge is 2.22. The molecule has 84 valence electrons. The molecular weight excluding hydrogens is 214 g/mol. The van der Waals surface area contributed by atoms with Crippen LogP contribution in [0.1, 0.15) is 11.7 Å². The van der Waals surface area contributed by atoms with Gasteiger partial charge in [-0.3, -0.25) is 0 Å². The third kappa shape index (κ3) is 1.92. The van der Waals surface area contributed by atoms with Gasteiger partial charge in [0.05, 0.1) is 17.6 Å². The first kappa shape index (κ1) is 10.7. The monoisotopic (exact) mass is 224 g/mol. The lowest BCUT2D eigenvalue weighted by Crippen LogP contribution is -2.22. The van der Waals surface area contributed by atoms with Crippen molar-refractivity contribution in [3.63, 3.8) is 0 Å². The Morgan fingerprint density at radius 1 is 1.19 bits per heavy atom. The third-order valence-electron chi connectivity index (χ3n) is 2.19. The molecular formula is C10H10F2N4. The molecule has 0 spiro atoms. The first-order valence-electron chi connectivity index (χ1n) is 4.70. The fourth-order valence-electron chi connectivity index (χ4n) is 1.37. The molecule has 2 rings (SSSR count). The number of para-hydroxylation sites is 1. The molecule has 4 nitrogen and oxygen atoms in total. The van der Waals surface area contributed by atoms with Crippen molar-refractivity contribution in [2.24, 2.45) is 5.73 Å². The number of aromatic nitrogens is 3. The van der Waals surface area contributed by atoms with E-state index in [1.54, 1.807) is 24.3 Å². The molecule has 0 amide bonds. The second-order valence-electron chi connectivity index (χ2n) is 3.27. The first-order valence-corrected chi connectivity index (χ1v) is 4.70. The SMILES string of the molecule is NC(c1cnnn1-c1ccccc1)C(F)F. The quantitative estimate of drug-likeness (QED) is 0.860. The van der Waals surface area contributed by atoms with Crippen LogP contribution in [0, 0.1) is 0 Å². The minimum atomic E-state index is -2.64. The van der Waals surface area contributed by atoms with E-state index < -0.39 is 12.5 Å². The fourth-order valence-corrected chi connectivity index (χ4v) is 1.37. The summed E-state index contributed by atoms with van der Waals surface area (Å²) in [7, 11) is 0. The minimum Gasteiger partial charge on any atom is -0.318 e. The number of nitrogens with two attached hydrogens (primary N) is 1. The molecule has 0 radical (unpaired) electrons. The van der Waals surface area contributed by atoms with Crippen LogP contribution < -0.4 is 5.73 Å². The number of rotatable bonds is 3. The molecule has 0 bridgehead atoms. The van der Waals surface area contributed by atoms with Gasteiger partial charge in [-0.15, -0.1) is 5.10 Å². The average molecular weight is 224 g/mol. The predicted molar refractivity (Wildman–Crippen MR) is 54.3 cm³/mol. The molecule has 1 aromatic heterocycles. The van der Waals surface area contributed by atoms with Gasteiger partial charge in [0.15, 0.2) is 0 Å². The van der Waals surface area contributed by atoms with Crippen LogP contribution >= 0.6 is 0 Å². The largest absolute Gasteiger partial charge is 0.318 e. The fraction of sp³-hybridized carbons (Fsp3) is 0.200. The zero-order valence-electron chi connectivity index (χ0n) is 8.29. The summed E-state index contributed by atoms with van der Waals surface area (Å²) in [5, 5.41) is 7.34. The van der Waals surface area contributed by atoms with Crippen molar-refractivity contribution in [2.75, 3.05) is 0 Å². The molecule has 0 aliphatic heterocycles. The van der Waals surface area contributed by atoms with Gasteiger partial charge in [-0.2, -0.15) is 0 Å². The zero-order chi connectivity index (χ0) is 11.5. The second-order valence-corrected chi connectivity index (χ2v) is 3.27. The van der Waals surface area contributed by atoms with E-state index in [1.165, 1.54) is 10.9 Å². The molecule has 0 aliphatic rings. The molecule has 1 heterocycles.